The molecule has 2 aliphatic rings. The molecule has 1 atom stereocenters. The number of anilines is 1. The monoisotopic (exact) mass is 377 g/mol. The molecule has 0 spiro atoms. The molecule has 2 saturated heterocycles. The van der Waals surface area contributed by atoms with Gasteiger partial charge in [0, 0.05) is 43.9 Å². The third kappa shape index (κ3) is 3.67. The molecule has 0 aromatic heterocycles. The van der Waals surface area contributed by atoms with Crippen molar-refractivity contribution >= 4 is 17.5 Å². The first-order valence-corrected chi connectivity index (χ1v) is 10.2. The van der Waals surface area contributed by atoms with E-state index in [0.29, 0.717) is 18.5 Å². The number of hydrogen-bond donors (Lipinski definition) is 1. The lowest BCUT2D eigenvalue weighted by Crippen LogP contribution is -2.48. The van der Waals surface area contributed by atoms with Crippen molar-refractivity contribution in [1.29, 1.82) is 0 Å². The number of carbonyl (C=O) groups excluding carboxylic acids is 2. The van der Waals surface area contributed by atoms with Gasteiger partial charge in [-0.2, -0.15) is 0 Å². The minimum atomic E-state index is 0.0343. The van der Waals surface area contributed by atoms with E-state index in [2.05, 4.69) is 36.5 Å². The van der Waals surface area contributed by atoms with Gasteiger partial charge >= 0.3 is 0 Å². The lowest BCUT2D eigenvalue weighted by Gasteiger charge is -2.36. The molecule has 5 heteroatoms. The molecule has 2 aromatic rings. The van der Waals surface area contributed by atoms with Crippen molar-refractivity contribution in [2.75, 3.05) is 31.1 Å². The maximum atomic E-state index is 13.2. The SMILES string of the molecule is CCc1ccc(C2CNCCN2C(=O)c2ccc(N3CCCC3=O)cc2)cc1. The number of piperazine rings is 1. The average molecular weight is 377 g/mol. The maximum absolute atomic E-state index is 13.2. The fourth-order valence-electron chi connectivity index (χ4n) is 4.09. The molecule has 0 aliphatic carbocycles. The van der Waals surface area contributed by atoms with Crippen molar-refractivity contribution in [2.24, 2.45) is 0 Å². The minimum Gasteiger partial charge on any atom is -0.329 e. The number of hydrogen-bond acceptors (Lipinski definition) is 3. The van der Waals surface area contributed by atoms with E-state index in [4.69, 9.17) is 0 Å². The lowest BCUT2D eigenvalue weighted by molar-refractivity contribution is -0.117. The molecule has 0 saturated carbocycles. The van der Waals surface area contributed by atoms with E-state index in [0.717, 1.165) is 43.7 Å². The second kappa shape index (κ2) is 8.15. The van der Waals surface area contributed by atoms with Crippen LogP contribution >= 0.6 is 0 Å². The van der Waals surface area contributed by atoms with Crippen LogP contribution in [0.2, 0.25) is 0 Å². The fourth-order valence-corrected chi connectivity index (χ4v) is 4.09. The third-order valence-corrected chi connectivity index (χ3v) is 5.78. The van der Waals surface area contributed by atoms with Crippen molar-refractivity contribution in [1.82, 2.24) is 10.2 Å². The summed E-state index contributed by atoms with van der Waals surface area (Å²) in [5, 5.41) is 3.41. The Balaban J connectivity index is 1.53. The summed E-state index contributed by atoms with van der Waals surface area (Å²) in [5.41, 5.74) is 4.02. The van der Waals surface area contributed by atoms with Crippen LogP contribution in [-0.2, 0) is 11.2 Å². The van der Waals surface area contributed by atoms with Gasteiger partial charge in [-0.05, 0) is 48.2 Å². The zero-order chi connectivity index (χ0) is 19.5. The molecule has 146 valence electrons. The summed E-state index contributed by atoms with van der Waals surface area (Å²) in [6.07, 6.45) is 2.52. The molecular formula is C23H27N3O2. The second-order valence-electron chi connectivity index (χ2n) is 7.51. The highest BCUT2D eigenvalue weighted by molar-refractivity contribution is 5.97. The third-order valence-electron chi connectivity index (χ3n) is 5.78. The van der Waals surface area contributed by atoms with Crippen molar-refractivity contribution in [3.05, 3.63) is 65.2 Å². The van der Waals surface area contributed by atoms with Gasteiger partial charge in [-0.25, -0.2) is 0 Å². The van der Waals surface area contributed by atoms with Crippen molar-refractivity contribution in [3.63, 3.8) is 0 Å². The summed E-state index contributed by atoms with van der Waals surface area (Å²) < 4.78 is 0. The van der Waals surface area contributed by atoms with Gasteiger partial charge in [0.2, 0.25) is 5.91 Å². The van der Waals surface area contributed by atoms with E-state index in [1.807, 2.05) is 29.2 Å². The minimum absolute atomic E-state index is 0.0343. The van der Waals surface area contributed by atoms with Gasteiger partial charge in [0.1, 0.15) is 0 Å². The number of amides is 2. The molecule has 2 aliphatic heterocycles. The largest absolute Gasteiger partial charge is 0.329 e. The summed E-state index contributed by atoms with van der Waals surface area (Å²) in [6, 6.07) is 16.1. The topological polar surface area (TPSA) is 52.7 Å². The molecule has 2 fully saturated rings. The number of rotatable bonds is 4. The number of aryl methyl sites for hydroxylation is 1. The molecule has 0 radical (unpaired) electrons. The van der Waals surface area contributed by atoms with Gasteiger partial charge in [0.05, 0.1) is 6.04 Å². The van der Waals surface area contributed by atoms with Crippen molar-refractivity contribution < 1.29 is 9.59 Å². The quantitative estimate of drug-likeness (QED) is 0.890. The number of nitrogens with zero attached hydrogens (tertiary/aromatic N) is 2. The second-order valence-corrected chi connectivity index (χ2v) is 7.51. The molecule has 28 heavy (non-hydrogen) atoms. The Bertz CT molecular complexity index is 845. The molecule has 5 nitrogen and oxygen atoms in total. The van der Waals surface area contributed by atoms with Crippen LogP contribution in [-0.4, -0.2) is 42.9 Å². The summed E-state index contributed by atoms with van der Waals surface area (Å²) >= 11 is 0. The number of carbonyl (C=O) groups is 2. The first kappa shape index (κ1) is 18.7. The Kier molecular flexibility index (Phi) is 5.44. The van der Waals surface area contributed by atoms with Crippen LogP contribution in [0.15, 0.2) is 48.5 Å². The van der Waals surface area contributed by atoms with E-state index in [-0.39, 0.29) is 17.9 Å². The Morgan fingerprint density at radius 3 is 2.46 bits per heavy atom. The molecule has 2 amide bonds. The van der Waals surface area contributed by atoms with Crippen molar-refractivity contribution in [3.8, 4) is 0 Å². The van der Waals surface area contributed by atoms with Crippen LogP contribution in [0.25, 0.3) is 0 Å². The fraction of sp³-hybridized carbons (Fsp3) is 0.391. The number of benzene rings is 2. The summed E-state index contributed by atoms with van der Waals surface area (Å²) in [5.74, 6) is 0.210. The Labute approximate surface area is 166 Å². The van der Waals surface area contributed by atoms with Crippen LogP contribution in [0.1, 0.15) is 47.3 Å². The molecule has 2 aromatic carbocycles. The summed E-state index contributed by atoms with van der Waals surface area (Å²) in [4.78, 5) is 28.9. The van der Waals surface area contributed by atoms with E-state index in [1.54, 1.807) is 4.90 Å². The molecular weight excluding hydrogens is 350 g/mol. The van der Waals surface area contributed by atoms with Gasteiger partial charge in [-0.3, -0.25) is 9.59 Å². The predicted molar refractivity (Wildman–Crippen MR) is 110 cm³/mol. The molecule has 4 rings (SSSR count). The first-order chi connectivity index (χ1) is 13.7. The smallest absolute Gasteiger partial charge is 0.254 e. The van der Waals surface area contributed by atoms with Gasteiger partial charge in [-0.1, -0.05) is 31.2 Å². The zero-order valence-electron chi connectivity index (χ0n) is 16.4. The van der Waals surface area contributed by atoms with Crippen molar-refractivity contribution in [2.45, 2.75) is 32.2 Å². The normalized spacial score (nSPS) is 19.9. The molecule has 1 N–H and O–H groups in total. The zero-order valence-corrected chi connectivity index (χ0v) is 16.4. The lowest BCUT2D eigenvalue weighted by atomic mass is 10.00. The van der Waals surface area contributed by atoms with Gasteiger partial charge < -0.3 is 15.1 Å². The molecule has 0 bridgehead atoms. The van der Waals surface area contributed by atoms with Gasteiger partial charge in [-0.15, -0.1) is 0 Å². The van der Waals surface area contributed by atoms with E-state index >= 15 is 0 Å². The van der Waals surface area contributed by atoms with Crippen LogP contribution < -0.4 is 10.2 Å². The first-order valence-electron chi connectivity index (χ1n) is 10.2. The molecule has 1 unspecified atom stereocenters. The molecule has 2 heterocycles. The Morgan fingerprint density at radius 1 is 1.07 bits per heavy atom. The standard InChI is InChI=1S/C23H27N3O2/c1-2-17-5-7-18(8-6-17)21-16-24-13-15-26(21)23(28)19-9-11-20(12-10-19)25-14-3-4-22(25)27/h5-12,21,24H,2-4,13-16H2,1H3. The van der Waals surface area contributed by atoms with Crippen LogP contribution in [0.5, 0.6) is 0 Å². The van der Waals surface area contributed by atoms with Crippen LogP contribution in [0.4, 0.5) is 5.69 Å². The van der Waals surface area contributed by atoms with E-state index in [1.165, 1.54) is 5.56 Å². The van der Waals surface area contributed by atoms with Gasteiger partial charge in [0.25, 0.3) is 5.91 Å². The van der Waals surface area contributed by atoms with Crippen LogP contribution in [0, 0.1) is 0 Å². The van der Waals surface area contributed by atoms with E-state index < -0.39 is 0 Å². The summed E-state index contributed by atoms with van der Waals surface area (Å²) in [6.45, 7) is 5.16. The maximum Gasteiger partial charge on any atom is 0.254 e. The van der Waals surface area contributed by atoms with Crippen LogP contribution in [0.3, 0.4) is 0 Å². The summed E-state index contributed by atoms with van der Waals surface area (Å²) in [7, 11) is 0. The van der Waals surface area contributed by atoms with Gasteiger partial charge in [0.15, 0.2) is 0 Å². The Morgan fingerprint density at radius 2 is 1.82 bits per heavy atom. The Hall–Kier alpha value is -2.66. The number of nitrogens with one attached hydrogen (secondary N) is 1. The predicted octanol–water partition coefficient (Wildman–Crippen LogP) is 3.16. The highest BCUT2D eigenvalue weighted by atomic mass is 16.2. The van der Waals surface area contributed by atoms with E-state index in [9.17, 15) is 9.59 Å². The average Bonchev–Trinajstić information content (AvgIpc) is 3.19. The highest BCUT2D eigenvalue weighted by Crippen LogP contribution is 2.26. The highest BCUT2D eigenvalue weighted by Gasteiger charge is 2.29.